The number of hydrogen-bond acceptors (Lipinski definition) is 2. The molecule has 0 aromatic heterocycles. The van der Waals surface area contributed by atoms with Gasteiger partial charge < -0.3 is 5.32 Å². The van der Waals surface area contributed by atoms with E-state index in [0.717, 1.165) is 11.0 Å². The zero-order valence-electron chi connectivity index (χ0n) is 11.5. The third kappa shape index (κ3) is 3.81. The Labute approximate surface area is 122 Å². The van der Waals surface area contributed by atoms with Crippen LogP contribution in [-0.4, -0.2) is 7.05 Å². The van der Waals surface area contributed by atoms with Crippen LogP contribution in [0.25, 0.3) is 0 Å². The average Bonchev–Trinajstić information content (AvgIpc) is 2.46. The number of rotatable bonds is 5. The van der Waals surface area contributed by atoms with E-state index in [1.807, 2.05) is 19.2 Å². The van der Waals surface area contributed by atoms with Crippen molar-refractivity contribution >= 4 is 11.8 Å². The van der Waals surface area contributed by atoms with Gasteiger partial charge in [0.25, 0.3) is 0 Å². The van der Waals surface area contributed by atoms with Crippen molar-refractivity contribution in [1.82, 2.24) is 5.32 Å². The van der Waals surface area contributed by atoms with Gasteiger partial charge in [-0.05, 0) is 43.3 Å². The van der Waals surface area contributed by atoms with Crippen molar-refractivity contribution in [2.24, 2.45) is 0 Å². The Kier molecular flexibility index (Phi) is 5.15. The van der Waals surface area contributed by atoms with Gasteiger partial charge in [0.15, 0.2) is 0 Å². The Hall–Kier alpha value is -1.39. The normalized spacial score (nSPS) is 12.4. The van der Waals surface area contributed by atoms with Gasteiger partial charge >= 0.3 is 0 Å². The molecule has 0 spiro atoms. The summed E-state index contributed by atoms with van der Waals surface area (Å²) in [6.07, 6.45) is 0. The molecule has 1 unspecified atom stereocenters. The fraction of sp³-hybridized carbons (Fsp3) is 0.250. The smallest absolute Gasteiger partial charge is 0.130 e. The third-order valence-electron chi connectivity index (χ3n) is 3.20. The second kappa shape index (κ2) is 6.86. The van der Waals surface area contributed by atoms with Crippen LogP contribution < -0.4 is 5.32 Å². The highest BCUT2D eigenvalue weighted by atomic mass is 32.2. The van der Waals surface area contributed by atoms with Crippen molar-refractivity contribution in [2.75, 3.05) is 7.05 Å². The van der Waals surface area contributed by atoms with Crippen LogP contribution >= 0.6 is 11.8 Å². The monoisotopic (exact) mass is 293 g/mol. The van der Waals surface area contributed by atoms with Gasteiger partial charge in [-0.3, -0.25) is 0 Å². The van der Waals surface area contributed by atoms with Crippen molar-refractivity contribution in [2.45, 2.75) is 23.6 Å². The Bertz CT molecular complexity index is 586. The summed E-state index contributed by atoms with van der Waals surface area (Å²) in [5.74, 6) is -0.540. The maximum absolute atomic E-state index is 13.6. The molecular weight excluding hydrogens is 276 g/mol. The van der Waals surface area contributed by atoms with E-state index in [-0.39, 0.29) is 6.04 Å². The van der Waals surface area contributed by atoms with Gasteiger partial charge in [0, 0.05) is 22.8 Å². The summed E-state index contributed by atoms with van der Waals surface area (Å²) in [6.45, 7) is 2.09. The number of hydrogen-bond donors (Lipinski definition) is 1. The van der Waals surface area contributed by atoms with Gasteiger partial charge in [0.05, 0.1) is 0 Å². The summed E-state index contributed by atoms with van der Waals surface area (Å²) in [5.41, 5.74) is 1.71. The molecule has 0 saturated carbocycles. The standard InChI is InChI=1S/C16H17F2NS/c1-11(19-2)12-4-3-5-15(8-12)20-10-13-6-7-14(17)9-16(13)18/h3-9,11,19H,10H2,1-2H3. The molecule has 2 rings (SSSR count). The molecule has 0 radical (unpaired) electrons. The van der Waals surface area contributed by atoms with Crippen molar-refractivity contribution in [3.8, 4) is 0 Å². The van der Waals surface area contributed by atoms with E-state index in [1.54, 1.807) is 11.8 Å². The van der Waals surface area contributed by atoms with E-state index in [4.69, 9.17) is 0 Å². The first-order valence-corrected chi connectivity index (χ1v) is 7.42. The number of halogens is 2. The molecule has 0 heterocycles. The minimum Gasteiger partial charge on any atom is -0.313 e. The van der Waals surface area contributed by atoms with Gasteiger partial charge in [-0.25, -0.2) is 8.78 Å². The van der Waals surface area contributed by atoms with Crippen LogP contribution in [0.4, 0.5) is 8.78 Å². The van der Waals surface area contributed by atoms with Gasteiger partial charge in [-0.2, -0.15) is 0 Å². The Morgan fingerprint density at radius 2 is 1.95 bits per heavy atom. The summed E-state index contributed by atoms with van der Waals surface area (Å²) in [6, 6.07) is 12.1. The second-order valence-corrected chi connectivity index (χ2v) is 5.66. The summed E-state index contributed by atoms with van der Waals surface area (Å²) < 4.78 is 26.4. The van der Waals surface area contributed by atoms with Gasteiger partial charge in [-0.15, -0.1) is 11.8 Å². The lowest BCUT2D eigenvalue weighted by atomic mass is 10.1. The lowest BCUT2D eigenvalue weighted by molar-refractivity contribution is 0.576. The topological polar surface area (TPSA) is 12.0 Å². The molecule has 106 valence electrons. The van der Waals surface area contributed by atoms with E-state index in [2.05, 4.69) is 24.4 Å². The number of nitrogens with one attached hydrogen (secondary N) is 1. The van der Waals surface area contributed by atoms with Crippen LogP contribution in [0.1, 0.15) is 24.1 Å². The Morgan fingerprint density at radius 3 is 2.65 bits per heavy atom. The summed E-state index contributed by atoms with van der Waals surface area (Å²) >= 11 is 1.55. The van der Waals surface area contributed by atoms with E-state index in [9.17, 15) is 8.78 Å². The predicted molar refractivity (Wildman–Crippen MR) is 79.8 cm³/mol. The molecule has 1 atom stereocenters. The zero-order chi connectivity index (χ0) is 14.5. The molecule has 0 aliphatic carbocycles. The first-order valence-electron chi connectivity index (χ1n) is 6.44. The average molecular weight is 293 g/mol. The van der Waals surface area contributed by atoms with Crippen LogP contribution in [0.3, 0.4) is 0 Å². The molecule has 0 bridgehead atoms. The molecule has 0 amide bonds. The quantitative estimate of drug-likeness (QED) is 0.812. The molecule has 20 heavy (non-hydrogen) atoms. The molecule has 1 nitrogen and oxygen atoms in total. The Balaban J connectivity index is 2.07. The maximum atomic E-state index is 13.6. The minimum atomic E-state index is -0.541. The minimum absolute atomic E-state index is 0.276. The third-order valence-corrected chi connectivity index (χ3v) is 4.24. The van der Waals surface area contributed by atoms with Crippen LogP contribution in [0.15, 0.2) is 47.4 Å². The van der Waals surface area contributed by atoms with Crippen molar-refractivity contribution in [3.05, 3.63) is 65.2 Å². The van der Waals surface area contributed by atoms with Crippen molar-refractivity contribution < 1.29 is 8.78 Å². The first-order chi connectivity index (χ1) is 9.60. The lowest BCUT2D eigenvalue weighted by Gasteiger charge is -2.12. The van der Waals surface area contributed by atoms with Gasteiger partial charge in [0.1, 0.15) is 11.6 Å². The highest BCUT2D eigenvalue weighted by Crippen LogP contribution is 2.26. The second-order valence-electron chi connectivity index (χ2n) is 4.61. The molecule has 0 fully saturated rings. The van der Waals surface area contributed by atoms with Crippen molar-refractivity contribution in [1.29, 1.82) is 0 Å². The van der Waals surface area contributed by atoms with E-state index < -0.39 is 11.6 Å². The molecule has 4 heteroatoms. The number of thioether (sulfide) groups is 1. The van der Waals surface area contributed by atoms with E-state index in [0.29, 0.717) is 11.3 Å². The van der Waals surface area contributed by atoms with Crippen LogP contribution in [-0.2, 0) is 5.75 Å². The predicted octanol–water partition coefficient (Wildman–Crippen LogP) is 4.54. The van der Waals surface area contributed by atoms with E-state index in [1.165, 1.54) is 17.7 Å². The van der Waals surface area contributed by atoms with Crippen LogP contribution in [0.2, 0.25) is 0 Å². The first kappa shape index (κ1) is 15.0. The zero-order valence-corrected chi connectivity index (χ0v) is 12.3. The molecule has 2 aromatic carbocycles. The van der Waals surface area contributed by atoms with Crippen molar-refractivity contribution in [3.63, 3.8) is 0 Å². The Morgan fingerprint density at radius 1 is 1.15 bits per heavy atom. The molecule has 2 aromatic rings. The maximum Gasteiger partial charge on any atom is 0.130 e. The molecule has 0 aliphatic rings. The number of benzene rings is 2. The summed E-state index contributed by atoms with van der Waals surface area (Å²) in [7, 11) is 1.92. The largest absolute Gasteiger partial charge is 0.313 e. The fourth-order valence-electron chi connectivity index (χ4n) is 1.84. The summed E-state index contributed by atoms with van der Waals surface area (Å²) in [5, 5.41) is 3.19. The highest BCUT2D eigenvalue weighted by molar-refractivity contribution is 7.98. The van der Waals surface area contributed by atoms with Gasteiger partial charge in [0.2, 0.25) is 0 Å². The molecule has 1 N–H and O–H groups in total. The van der Waals surface area contributed by atoms with Crippen LogP contribution in [0, 0.1) is 11.6 Å². The van der Waals surface area contributed by atoms with E-state index >= 15 is 0 Å². The fourth-order valence-corrected chi connectivity index (χ4v) is 2.79. The molecule has 0 aliphatic heterocycles. The molecular formula is C16H17F2NS. The van der Waals surface area contributed by atoms with Gasteiger partial charge in [-0.1, -0.05) is 18.2 Å². The molecule has 0 saturated heterocycles. The SMILES string of the molecule is CNC(C)c1cccc(SCc2ccc(F)cc2F)c1. The van der Waals surface area contributed by atoms with Crippen LogP contribution in [0.5, 0.6) is 0 Å². The lowest BCUT2D eigenvalue weighted by Crippen LogP contribution is -2.11. The summed E-state index contributed by atoms with van der Waals surface area (Å²) in [4.78, 5) is 1.08. The highest BCUT2D eigenvalue weighted by Gasteiger charge is 2.06.